The van der Waals surface area contributed by atoms with E-state index in [0.29, 0.717) is 11.1 Å². The smallest absolute Gasteiger partial charge is 0.296 e. The summed E-state index contributed by atoms with van der Waals surface area (Å²) in [7, 11) is 0. The molecule has 1 N–H and O–H groups in total. The van der Waals surface area contributed by atoms with Crippen LogP contribution < -0.4 is 5.56 Å². The maximum absolute atomic E-state index is 12.7. The third-order valence-corrected chi connectivity index (χ3v) is 3.05. The molecule has 8 heteroatoms. The molecule has 0 aromatic carbocycles. The van der Waals surface area contributed by atoms with Crippen molar-refractivity contribution in [3.63, 3.8) is 0 Å². The molecule has 0 unspecified atom stereocenters. The molecular formula is C14H9F3N4O. The van der Waals surface area contributed by atoms with E-state index in [1.165, 1.54) is 12.4 Å². The standard InChI is InChI=1S/C14H9F3N4O/c15-14(16,17)10-3-5-19-12(6-10)21-13(22)11(8-20-21)9-2-1-4-18-7-9/h1-8,20H. The molecule has 0 atom stereocenters. The summed E-state index contributed by atoms with van der Waals surface area (Å²) in [5, 5.41) is 2.61. The van der Waals surface area contributed by atoms with E-state index in [0.717, 1.165) is 23.0 Å². The van der Waals surface area contributed by atoms with E-state index in [9.17, 15) is 18.0 Å². The summed E-state index contributed by atoms with van der Waals surface area (Å²) in [5.74, 6) is -0.130. The molecule has 3 aromatic heterocycles. The van der Waals surface area contributed by atoms with Gasteiger partial charge in [-0.3, -0.25) is 14.9 Å². The van der Waals surface area contributed by atoms with Gasteiger partial charge in [0.15, 0.2) is 5.82 Å². The van der Waals surface area contributed by atoms with Gasteiger partial charge in [-0.2, -0.15) is 13.2 Å². The molecule has 0 saturated carbocycles. The third kappa shape index (κ3) is 2.50. The highest BCUT2D eigenvalue weighted by Crippen LogP contribution is 2.29. The van der Waals surface area contributed by atoms with Crippen molar-refractivity contribution in [1.82, 2.24) is 19.7 Å². The van der Waals surface area contributed by atoms with E-state index in [1.54, 1.807) is 18.3 Å². The Balaban J connectivity index is 2.08. The van der Waals surface area contributed by atoms with Crippen LogP contribution in [0.15, 0.2) is 53.8 Å². The first kappa shape index (κ1) is 14.1. The molecule has 0 radical (unpaired) electrons. The first-order chi connectivity index (χ1) is 10.5. The number of H-pyrrole nitrogens is 1. The fourth-order valence-corrected chi connectivity index (χ4v) is 1.99. The lowest BCUT2D eigenvalue weighted by Crippen LogP contribution is -2.18. The Morgan fingerprint density at radius 1 is 1.18 bits per heavy atom. The van der Waals surface area contributed by atoms with Crippen LogP contribution in [-0.4, -0.2) is 19.7 Å². The molecule has 0 spiro atoms. The van der Waals surface area contributed by atoms with Crippen molar-refractivity contribution in [2.24, 2.45) is 0 Å². The zero-order valence-electron chi connectivity index (χ0n) is 11.0. The molecule has 0 aliphatic heterocycles. The van der Waals surface area contributed by atoms with E-state index in [1.807, 2.05) is 0 Å². The molecule has 5 nitrogen and oxygen atoms in total. The van der Waals surface area contributed by atoms with Gasteiger partial charge in [0.2, 0.25) is 0 Å². The Kier molecular flexibility index (Phi) is 3.28. The van der Waals surface area contributed by atoms with Crippen LogP contribution in [0.4, 0.5) is 13.2 Å². The average Bonchev–Trinajstić information content (AvgIpc) is 2.89. The molecule has 0 amide bonds. The number of hydrogen-bond acceptors (Lipinski definition) is 3. The Morgan fingerprint density at radius 2 is 2.00 bits per heavy atom. The number of nitrogens with one attached hydrogen (secondary N) is 1. The Morgan fingerprint density at radius 3 is 2.68 bits per heavy atom. The maximum Gasteiger partial charge on any atom is 0.416 e. The van der Waals surface area contributed by atoms with Gasteiger partial charge >= 0.3 is 6.18 Å². The molecule has 3 rings (SSSR count). The zero-order chi connectivity index (χ0) is 15.7. The summed E-state index contributed by atoms with van der Waals surface area (Å²) in [5.41, 5.74) is -0.511. The van der Waals surface area contributed by atoms with Crippen LogP contribution in [0.5, 0.6) is 0 Å². The number of aromatic amines is 1. The van der Waals surface area contributed by atoms with Gasteiger partial charge in [0.1, 0.15) is 0 Å². The van der Waals surface area contributed by atoms with Gasteiger partial charge in [0, 0.05) is 30.4 Å². The summed E-state index contributed by atoms with van der Waals surface area (Å²) in [6.07, 6.45) is 0.966. The van der Waals surface area contributed by atoms with E-state index in [2.05, 4.69) is 15.1 Å². The van der Waals surface area contributed by atoms with E-state index >= 15 is 0 Å². The summed E-state index contributed by atoms with van der Waals surface area (Å²) in [6, 6.07) is 5.00. The number of halogens is 3. The topological polar surface area (TPSA) is 63.6 Å². The van der Waals surface area contributed by atoms with Crippen LogP contribution >= 0.6 is 0 Å². The molecule has 0 saturated heterocycles. The van der Waals surface area contributed by atoms with E-state index < -0.39 is 17.3 Å². The predicted molar refractivity (Wildman–Crippen MR) is 72.4 cm³/mol. The molecule has 0 aliphatic rings. The van der Waals surface area contributed by atoms with Crippen LogP contribution in [0, 0.1) is 0 Å². The highest BCUT2D eigenvalue weighted by Gasteiger charge is 2.31. The van der Waals surface area contributed by atoms with Crippen molar-refractivity contribution in [3.8, 4) is 16.9 Å². The monoisotopic (exact) mass is 306 g/mol. The molecule has 0 fully saturated rings. The Hall–Kier alpha value is -2.90. The number of pyridine rings is 2. The highest BCUT2D eigenvalue weighted by atomic mass is 19.4. The van der Waals surface area contributed by atoms with Crippen LogP contribution in [0.25, 0.3) is 16.9 Å². The molecule has 0 bridgehead atoms. The first-order valence-corrected chi connectivity index (χ1v) is 6.21. The van der Waals surface area contributed by atoms with Gasteiger partial charge in [-0.05, 0) is 18.2 Å². The van der Waals surface area contributed by atoms with Gasteiger partial charge in [-0.15, -0.1) is 0 Å². The Labute approximate surface area is 122 Å². The second-order valence-electron chi connectivity index (χ2n) is 4.47. The van der Waals surface area contributed by atoms with Crippen molar-refractivity contribution in [1.29, 1.82) is 0 Å². The minimum atomic E-state index is -4.50. The lowest BCUT2D eigenvalue weighted by Gasteiger charge is -2.07. The van der Waals surface area contributed by atoms with Crippen LogP contribution in [0.1, 0.15) is 5.56 Å². The number of alkyl halides is 3. The quantitative estimate of drug-likeness (QED) is 0.791. The largest absolute Gasteiger partial charge is 0.416 e. The third-order valence-electron chi connectivity index (χ3n) is 3.05. The second kappa shape index (κ2) is 5.14. The summed E-state index contributed by atoms with van der Waals surface area (Å²) >= 11 is 0. The Bertz CT molecular complexity index is 852. The number of hydrogen-bond donors (Lipinski definition) is 1. The summed E-state index contributed by atoms with van der Waals surface area (Å²) < 4.78 is 39.1. The zero-order valence-corrected chi connectivity index (χ0v) is 11.0. The number of rotatable bonds is 2. The number of nitrogens with zero attached hydrogens (tertiary/aromatic N) is 3. The van der Waals surface area contributed by atoms with Crippen molar-refractivity contribution >= 4 is 0 Å². The molecule has 3 heterocycles. The lowest BCUT2D eigenvalue weighted by atomic mass is 10.2. The summed E-state index contributed by atoms with van der Waals surface area (Å²) in [4.78, 5) is 20.0. The average molecular weight is 306 g/mol. The normalized spacial score (nSPS) is 11.6. The lowest BCUT2D eigenvalue weighted by molar-refractivity contribution is -0.137. The minimum absolute atomic E-state index is 0.130. The van der Waals surface area contributed by atoms with Gasteiger partial charge in [0.25, 0.3) is 5.56 Å². The van der Waals surface area contributed by atoms with Gasteiger partial charge in [-0.25, -0.2) is 9.67 Å². The van der Waals surface area contributed by atoms with Crippen molar-refractivity contribution < 1.29 is 13.2 Å². The molecule has 22 heavy (non-hydrogen) atoms. The highest BCUT2D eigenvalue weighted by molar-refractivity contribution is 5.60. The minimum Gasteiger partial charge on any atom is -0.296 e. The fourth-order valence-electron chi connectivity index (χ4n) is 1.99. The number of aromatic nitrogens is 4. The van der Waals surface area contributed by atoms with Crippen molar-refractivity contribution in [3.05, 3.63) is 65.0 Å². The molecule has 3 aromatic rings. The first-order valence-electron chi connectivity index (χ1n) is 6.21. The van der Waals surface area contributed by atoms with Gasteiger partial charge in [-0.1, -0.05) is 6.07 Å². The van der Waals surface area contributed by atoms with Gasteiger partial charge in [0.05, 0.1) is 11.1 Å². The summed E-state index contributed by atoms with van der Waals surface area (Å²) in [6.45, 7) is 0. The van der Waals surface area contributed by atoms with Gasteiger partial charge < -0.3 is 0 Å². The fraction of sp³-hybridized carbons (Fsp3) is 0.0714. The van der Waals surface area contributed by atoms with E-state index in [-0.39, 0.29) is 5.82 Å². The van der Waals surface area contributed by atoms with Crippen molar-refractivity contribution in [2.45, 2.75) is 6.18 Å². The SMILES string of the molecule is O=c1c(-c2cccnc2)c[nH]n1-c1cc(C(F)(F)F)ccn1. The van der Waals surface area contributed by atoms with Crippen molar-refractivity contribution in [2.75, 3.05) is 0 Å². The van der Waals surface area contributed by atoms with Crippen LogP contribution in [-0.2, 0) is 6.18 Å². The molecule has 112 valence electrons. The van der Waals surface area contributed by atoms with E-state index in [4.69, 9.17) is 0 Å². The molecular weight excluding hydrogens is 297 g/mol. The second-order valence-corrected chi connectivity index (χ2v) is 4.47. The molecule has 0 aliphatic carbocycles. The maximum atomic E-state index is 12.7. The predicted octanol–water partition coefficient (Wildman–Crippen LogP) is 2.64. The van der Waals surface area contributed by atoms with Crippen LogP contribution in [0.3, 0.4) is 0 Å². The van der Waals surface area contributed by atoms with Crippen LogP contribution in [0.2, 0.25) is 0 Å².